The second kappa shape index (κ2) is 7.11. The lowest BCUT2D eigenvalue weighted by atomic mass is 9.96. The molecule has 1 saturated heterocycles. The number of hydrogen-bond donors (Lipinski definition) is 1. The fourth-order valence-corrected chi connectivity index (χ4v) is 5.21. The lowest BCUT2D eigenvalue weighted by molar-refractivity contribution is 0.157. The molecule has 3 heterocycles. The van der Waals surface area contributed by atoms with Gasteiger partial charge in [-0.2, -0.15) is 0 Å². The number of benzene rings is 2. The maximum Gasteiger partial charge on any atom is 0.258 e. The van der Waals surface area contributed by atoms with Crippen LogP contribution in [0.5, 0.6) is 0 Å². The third-order valence-electron chi connectivity index (χ3n) is 5.76. The summed E-state index contributed by atoms with van der Waals surface area (Å²) in [4.78, 5) is 27.4. The van der Waals surface area contributed by atoms with Crippen LogP contribution >= 0.6 is 11.3 Å². The van der Waals surface area contributed by atoms with Crippen molar-refractivity contribution >= 4 is 32.5 Å². The molecule has 1 aliphatic rings. The van der Waals surface area contributed by atoms with Crippen molar-refractivity contribution in [2.45, 2.75) is 31.7 Å². The van der Waals surface area contributed by atoms with E-state index in [9.17, 15) is 4.79 Å². The fourth-order valence-electron chi connectivity index (χ4n) is 4.07. The van der Waals surface area contributed by atoms with Crippen molar-refractivity contribution < 1.29 is 0 Å². The average molecular weight is 391 g/mol. The van der Waals surface area contributed by atoms with Gasteiger partial charge in [0.1, 0.15) is 5.82 Å². The van der Waals surface area contributed by atoms with Gasteiger partial charge in [0.25, 0.3) is 5.56 Å². The van der Waals surface area contributed by atoms with Crippen LogP contribution in [0.15, 0.2) is 53.3 Å². The van der Waals surface area contributed by atoms with E-state index in [2.05, 4.69) is 35.0 Å². The summed E-state index contributed by atoms with van der Waals surface area (Å²) in [7, 11) is 0. The van der Waals surface area contributed by atoms with Gasteiger partial charge in [0.15, 0.2) is 0 Å². The Morgan fingerprint density at radius 3 is 2.54 bits per heavy atom. The minimum Gasteiger partial charge on any atom is -0.309 e. The van der Waals surface area contributed by atoms with Crippen molar-refractivity contribution in [2.24, 2.45) is 0 Å². The summed E-state index contributed by atoms with van der Waals surface area (Å²) >= 11 is 1.82. The van der Waals surface area contributed by atoms with Gasteiger partial charge in [-0.25, -0.2) is 9.97 Å². The van der Waals surface area contributed by atoms with E-state index in [1.54, 1.807) is 0 Å². The molecule has 0 saturated carbocycles. The summed E-state index contributed by atoms with van der Waals surface area (Å²) in [6.07, 6.45) is 2.17. The Labute approximate surface area is 167 Å². The second-order valence-corrected chi connectivity index (χ2v) is 8.54. The number of nitrogens with zero attached hydrogens (tertiary/aromatic N) is 3. The molecule has 5 nitrogen and oxygen atoms in total. The molecular formula is C22H22N4OS. The molecule has 0 spiro atoms. The monoisotopic (exact) mass is 390 g/mol. The van der Waals surface area contributed by atoms with E-state index in [0.29, 0.717) is 11.3 Å². The number of H-pyrrole nitrogens is 1. The van der Waals surface area contributed by atoms with Gasteiger partial charge in [0.2, 0.25) is 0 Å². The Morgan fingerprint density at radius 1 is 1.04 bits per heavy atom. The number of nitrogens with one attached hydrogen (secondary N) is 1. The van der Waals surface area contributed by atoms with Crippen LogP contribution in [-0.2, 0) is 0 Å². The highest BCUT2D eigenvalue weighted by Crippen LogP contribution is 2.35. The third kappa shape index (κ3) is 3.12. The number of thiazole rings is 1. The van der Waals surface area contributed by atoms with Gasteiger partial charge in [-0.15, -0.1) is 11.3 Å². The van der Waals surface area contributed by atoms with Crippen molar-refractivity contribution in [1.82, 2.24) is 19.9 Å². The third-order valence-corrected chi connectivity index (χ3v) is 6.96. The van der Waals surface area contributed by atoms with Crippen LogP contribution in [0.4, 0.5) is 0 Å². The van der Waals surface area contributed by atoms with Crippen molar-refractivity contribution in [1.29, 1.82) is 0 Å². The minimum absolute atomic E-state index is 0.0585. The molecule has 5 rings (SSSR count). The molecule has 6 heteroatoms. The molecule has 0 amide bonds. The maximum absolute atomic E-state index is 12.4. The second-order valence-electron chi connectivity index (χ2n) is 7.47. The van der Waals surface area contributed by atoms with Crippen LogP contribution in [0.1, 0.15) is 42.6 Å². The number of piperidine rings is 1. The summed E-state index contributed by atoms with van der Waals surface area (Å²) in [6, 6.07) is 16.0. The zero-order valence-corrected chi connectivity index (χ0v) is 16.6. The molecule has 1 N–H and O–H groups in total. The van der Waals surface area contributed by atoms with Crippen LogP contribution in [0.3, 0.4) is 0 Å². The van der Waals surface area contributed by atoms with Gasteiger partial charge >= 0.3 is 0 Å². The molecule has 142 valence electrons. The molecule has 0 bridgehead atoms. The van der Waals surface area contributed by atoms with E-state index in [1.807, 2.05) is 41.7 Å². The maximum atomic E-state index is 12.4. The smallest absolute Gasteiger partial charge is 0.258 e. The van der Waals surface area contributed by atoms with Gasteiger partial charge < -0.3 is 4.98 Å². The minimum atomic E-state index is -0.0585. The number of hydrogen-bond acceptors (Lipinski definition) is 5. The van der Waals surface area contributed by atoms with Crippen LogP contribution in [-0.4, -0.2) is 32.9 Å². The van der Waals surface area contributed by atoms with Gasteiger partial charge in [-0.05, 0) is 57.1 Å². The zero-order valence-electron chi connectivity index (χ0n) is 15.8. The predicted molar refractivity (Wildman–Crippen MR) is 114 cm³/mol. The number of fused-ring (bicyclic) bond motifs is 2. The van der Waals surface area contributed by atoms with E-state index in [1.165, 1.54) is 9.71 Å². The highest BCUT2D eigenvalue weighted by molar-refractivity contribution is 7.18. The van der Waals surface area contributed by atoms with Gasteiger partial charge in [0.05, 0.1) is 32.2 Å². The van der Waals surface area contributed by atoms with E-state index < -0.39 is 0 Å². The Kier molecular flexibility index (Phi) is 4.45. The van der Waals surface area contributed by atoms with Crippen LogP contribution in [0.2, 0.25) is 0 Å². The van der Waals surface area contributed by atoms with Crippen LogP contribution in [0.25, 0.3) is 21.1 Å². The molecule has 1 fully saturated rings. The average Bonchev–Trinajstić information content (AvgIpc) is 3.18. The number of likely N-dealkylation sites (tertiary alicyclic amines) is 1. The number of rotatable bonds is 3. The fraction of sp³-hybridized carbons (Fsp3) is 0.318. The first-order valence-electron chi connectivity index (χ1n) is 9.77. The normalized spacial score (nSPS) is 17.3. The number of para-hydroxylation sites is 2. The Bertz CT molecular complexity index is 1160. The molecule has 4 aromatic rings. The first kappa shape index (κ1) is 17.5. The zero-order chi connectivity index (χ0) is 19.1. The Balaban J connectivity index is 1.33. The van der Waals surface area contributed by atoms with E-state index in [4.69, 9.17) is 9.97 Å². The lowest BCUT2D eigenvalue weighted by Gasteiger charge is -2.34. The quantitative estimate of drug-likeness (QED) is 0.560. The highest BCUT2D eigenvalue weighted by Gasteiger charge is 2.27. The van der Waals surface area contributed by atoms with Crippen molar-refractivity contribution in [3.8, 4) is 0 Å². The van der Waals surface area contributed by atoms with Gasteiger partial charge in [-0.3, -0.25) is 9.69 Å². The van der Waals surface area contributed by atoms with E-state index >= 15 is 0 Å². The predicted octanol–water partition coefficient (Wildman–Crippen LogP) is 4.47. The molecule has 1 aliphatic heterocycles. The molecule has 2 aromatic heterocycles. The number of aromatic amines is 1. The summed E-state index contributed by atoms with van der Waals surface area (Å²) in [6.45, 7) is 4.10. The Hall–Kier alpha value is -2.57. The van der Waals surface area contributed by atoms with E-state index in [0.717, 1.165) is 42.8 Å². The van der Waals surface area contributed by atoms with Crippen LogP contribution < -0.4 is 5.56 Å². The molecule has 0 aliphatic carbocycles. The molecule has 2 aromatic carbocycles. The summed E-state index contributed by atoms with van der Waals surface area (Å²) in [5, 5.41) is 1.90. The topological polar surface area (TPSA) is 61.9 Å². The standard InChI is InChI=1S/C22H22N4OS/c1-14(20-23-17-7-3-2-6-16(17)21(27)25-20)26-12-10-15(11-13-26)22-24-18-8-4-5-9-19(18)28-22/h2-9,14-15H,10-13H2,1H3,(H,23,25,27). The molecule has 1 unspecified atom stereocenters. The number of aromatic nitrogens is 3. The highest BCUT2D eigenvalue weighted by atomic mass is 32.1. The van der Waals surface area contributed by atoms with Gasteiger partial charge in [-0.1, -0.05) is 24.3 Å². The van der Waals surface area contributed by atoms with E-state index in [-0.39, 0.29) is 11.6 Å². The summed E-state index contributed by atoms with van der Waals surface area (Å²) in [5.41, 5.74) is 1.81. The van der Waals surface area contributed by atoms with Gasteiger partial charge in [0, 0.05) is 5.92 Å². The van der Waals surface area contributed by atoms with Crippen molar-refractivity contribution in [3.05, 3.63) is 69.7 Å². The lowest BCUT2D eigenvalue weighted by Crippen LogP contribution is -2.36. The van der Waals surface area contributed by atoms with Crippen molar-refractivity contribution in [3.63, 3.8) is 0 Å². The first-order chi connectivity index (χ1) is 13.7. The molecular weight excluding hydrogens is 368 g/mol. The SMILES string of the molecule is CC(c1nc2ccccc2c(=O)[nH]1)N1CCC(c2nc3ccccc3s2)CC1. The molecule has 28 heavy (non-hydrogen) atoms. The first-order valence-corrected chi connectivity index (χ1v) is 10.6. The van der Waals surface area contributed by atoms with Crippen molar-refractivity contribution in [2.75, 3.05) is 13.1 Å². The largest absolute Gasteiger partial charge is 0.309 e. The summed E-state index contributed by atoms with van der Waals surface area (Å²) < 4.78 is 1.27. The molecule has 0 radical (unpaired) electrons. The molecule has 1 atom stereocenters. The summed E-state index contributed by atoms with van der Waals surface area (Å²) in [5.74, 6) is 1.27. The Morgan fingerprint density at radius 2 is 1.75 bits per heavy atom. The van der Waals surface area contributed by atoms with Crippen LogP contribution in [0, 0.1) is 0 Å².